The second kappa shape index (κ2) is 5.72. The smallest absolute Gasteiger partial charge is 0.122 e. The van der Waals surface area contributed by atoms with Crippen molar-refractivity contribution in [2.45, 2.75) is 38.1 Å². The lowest BCUT2D eigenvalue weighted by Crippen LogP contribution is -2.24. The Hall–Kier alpha value is -0.0600. The van der Waals surface area contributed by atoms with Crippen molar-refractivity contribution >= 4 is 31.9 Å². The Kier molecular flexibility index (Phi) is 4.50. The van der Waals surface area contributed by atoms with E-state index >= 15 is 0 Å². The van der Waals surface area contributed by atoms with Crippen molar-refractivity contribution < 1.29 is 5.11 Å². The molecule has 0 amide bonds. The van der Waals surface area contributed by atoms with Crippen molar-refractivity contribution in [3.63, 3.8) is 0 Å². The summed E-state index contributed by atoms with van der Waals surface area (Å²) in [6.45, 7) is 0. The number of aromatic hydroxyl groups is 1. The molecule has 0 heterocycles. The van der Waals surface area contributed by atoms with Crippen molar-refractivity contribution in [3.8, 4) is 5.75 Å². The maximum Gasteiger partial charge on any atom is 0.122 e. The molecular formula is C13H17Br2NO. The molecule has 1 aromatic rings. The molecule has 1 aromatic carbocycles. The molecule has 0 saturated heterocycles. The van der Waals surface area contributed by atoms with E-state index < -0.39 is 0 Å². The fourth-order valence-electron chi connectivity index (χ4n) is 2.63. The van der Waals surface area contributed by atoms with Crippen LogP contribution in [-0.2, 0) is 0 Å². The van der Waals surface area contributed by atoms with Gasteiger partial charge in [0.15, 0.2) is 0 Å². The average molecular weight is 363 g/mol. The monoisotopic (exact) mass is 361 g/mol. The van der Waals surface area contributed by atoms with E-state index in [1.165, 1.54) is 32.1 Å². The number of hydrogen-bond acceptors (Lipinski definition) is 2. The maximum atomic E-state index is 10.0. The van der Waals surface area contributed by atoms with E-state index in [1.54, 1.807) is 6.07 Å². The Morgan fingerprint density at radius 1 is 1.18 bits per heavy atom. The van der Waals surface area contributed by atoms with Gasteiger partial charge in [0.2, 0.25) is 0 Å². The number of halogens is 2. The summed E-state index contributed by atoms with van der Waals surface area (Å²) in [4.78, 5) is 0. The van der Waals surface area contributed by atoms with Gasteiger partial charge in [-0.05, 0) is 30.9 Å². The number of phenolic OH excluding ortho intramolecular Hbond substituents is 1. The Bertz CT molecular complexity index is 379. The first-order chi connectivity index (χ1) is 8.09. The molecule has 0 spiro atoms. The van der Waals surface area contributed by atoms with Crippen LogP contribution < -0.4 is 5.73 Å². The summed E-state index contributed by atoms with van der Waals surface area (Å²) in [5, 5.41) is 10.0. The normalized spacial score (nSPS) is 19.2. The van der Waals surface area contributed by atoms with Crippen LogP contribution in [0.2, 0.25) is 0 Å². The molecule has 1 fully saturated rings. The molecule has 4 heteroatoms. The number of phenols is 1. The largest absolute Gasteiger partial charge is 0.508 e. The van der Waals surface area contributed by atoms with Gasteiger partial charge < -0.3 is 10.8 Å². The second-order valence-electron chi connectivity index (χ2n) is 4.74. The summed E-state index contributed by atoms with van der Waals surface area (Å²) in [5.74, 6) is 0.774. The molecule has 2 nitrogen and oxygen atoms in total. The minimum atomic E-state index is -0.0715. The molecule has 0 aliphatic heterocycles. The summed E-state index contributed by atoms with van der Waals surface area (Å²) in [6.07, 6.45) is 6.17. The van der Waals surface area contributed by atoms with Crippen molar-refractivity contribution in [2.24, 2.45) is 11.7 Å². The quantitative estimate of drug-likeness (QED) is 0.813. The van der Waals surface area contributed by atoms with Crippen LogP contribution in [0.15, 0.2) is 21.1 Å². The van der Waals surface area contributed by atoms with Gasteiger partial charge in [-0.25, -0.2) is 0 Å². The van der Waals surface area contributed by atoms with Crippen LogP contribution in [0.1, 0.15) is 43.7 Å². The minimum Gasteiger partial charge on any atom is -0.508 e. The summed E-state index contributed by atoms with van der Waals surface area (Å²) in [5.41, 5.74) is 7.16. The van der Waals surface area contributed by atoms with Crippen molar-refractivity contribution in [2.75, 3.05) is 0 Å². The summed E-state index contributed by atoms with van der Waals surface area (Å²) in [6, 6.07) is 3.58. The van der Waals surface area contributed by atoms with E-state index in [0.29, 0.717) is 5.92 Å². The van der Waals surface area contributed by atoms with Gasteiger partial charge in [-0.15, -0.1) is 0 Å². The first-order valence-corrected chi connectivity index (χ1v) is 7.61. The fraction of sp³-hybridized carbons (Fsp3) is 0.538. The van der Waals surface area contributed by atoms with Gasteiger partial charge in [-0.2, -0.15) is 0 Å². The lowest BCUT2D eigenvalue weighted by molar-refractivity contribution is 0.302. The Morgan fingerprint density at radius 3 is 2.41 bits per heavy atom. The van der Waals surface area contributed by atoms with Crippen LogP contribution in [0, 0.1) is 5.92 Å². The van der Waals surface area contributed by atoms with Crippen molar-refractivity contribution in [1.29, 1.82) is 0 Å². The zero-order chi connectivity index (χ0) is 12.4. The lowest BCUT2D eigenvalue weighted by Gasteiger charge is -2.28. The number of benzene rings is 1. The van der Waals surface area contributed by atoms with E-state index in [1.807, 2.05) is 6.07 Å². The summed E-state index contributed by atoms with van der Waals surface area (Å²) in [7, 11) is 0. The minimum absolute atomic E-state index is 0.0715. The highest BCUT2D eigenvalue weighted by atomic mass is 79.9. The summed E-state index contributed by atoms with van der Waals surface area (Å²) < 4.78 is 1.75. The highest BCUT2D eigenvalue weighted by Gasteiger charge is 2.25. The van der Waals surface area contributed by atoms with Gasteiger partial charge in [0.25, 0.3) is 0 Å². The van der Waals surface area contributed by atoms with Gasteiger partial charge in [0, 0.05) is 20.6 Å². The van der Waals surface area contributed by atoms with Crippen LogP contribution in [0.4, 0.5) is 0 Å². The van der Waals surface area contributed by atoms with E-state index in [4.69, 9.17) is 5.73 Å². The predicted molar refractivity (Wildman–Crippen MR) is 77.0 cm³/mol. The van der Waals surface area contributed by atoms with Crippen LogP contribution in [0.5, 0.6) is 5.75 Å². The van der Waals surface area contributed by atoms with Crippen LogP contribution >= 0.6 is 31.9 Å². The molecule has 0 unspecified atom stereocenters. The molecule has 17 heavy (non-hydrogen) atoms. The molecule has 0 bridgehead atoms. The third kappa shape index (κ3) is 3.04. The van der Waals surface area contributed by atoms with E-state index in [-0.39, 0.29) is 11.8 Å². The number of nitrogens with two attached hydrogens (primary N) is 1. The molecule has 1 atom stereocenters. The average Bonchev–Trinajstić information content (AvgIpc) is 2.28. The molecule has 94 valence electrons. The fourth-order valence-corrected chi connectivity index (χ4v) is 4.10. The first kappa shape index (κ1) is 13.4. The van der Waals surface area contributed by atoms with Gasteiger partial charge in [-0.1, -0.05) is 51.1 Å². The Morgan fingerprint density at radius 2 is 1.82 bits per heavy atom. The van der Waals surface area contributed by atoms with Gasteiger partial charge >= 0.3 is 0 Å². The zero-order valence-corrected chi connectivity index (χ0v) is 12.8. The molecule has 2 rings (SSSR count). The molecule has 1 aliphatic carbocycles. The van der Waals surface area contributed by atoms with Crippen molar-refractivity contribution in [1.82, 2.24) is 0 Å². The molecule has 1 saturated carbocycles. The number of rotatable bonds is 2. The standard InChI is InChI=1S/C13H17Br2NO/c14-9-6-10(15)12(11(17)7-9)13(16)8-4-2-1-3-5-8/h6-8,13,17H,1-5,16H2/t13-/m1/s1. The number of hydrogen-bond donors (Lipinski definition) is 2. The van der Waals surface area contributed by atoms with Crippen LogP contribution in [-0.4, -0.2) is 5.11 Å². The van der Waals surface area contributed by atoms with Gasteiger partial charge in [0.1, 0.15) is 5.75 Å². The third-order valence-electron chi connectivity index (χ3n) is 3.56. The third-order valence-corrected chi connectivity index (χ3v) is 4.68. The SMILES string of the molecule is N[C@@H](c1c(O)cc(Br)cc1Br)C1CCCCC1. The van der Waals surface area contributed by atoms with Gasteiger partial charge in [0.05, 0.1) is 0 Å². The lowest BCUT2D eigenvalue weighted by atomic mass is 9.81. The van der Waals surface area contributed by atoms with E-state index in [2.05, 4.69) is 31.9 Å². The first-order valence-electron chi connectivity index (χ1n) is 6.03. The molecular weight excluding hydrogens is 346 g/mol. The molecule has 1 aliphatic rings. The Balaban J connectivity index is 2.26. The molecule has 3 N–H and O–H groups in total. The Labute approximate surface area is 119 Å². The van der Waals surface area contributed by atoms with Gasteiger partial charge in [-0.3, -0.25) is 0 Å². The zero-order valence-electron chi connectivity index (χ0n) is 9.63. The van der Waals surface area contributed by atoms with E-state index in [9.17, 15) is 5.11 Å². The second-order valence-corrected chi connectivity index (χ2v) is 6.51. The van der Waals surface area contributed by atoms with Crippen LogP contribution in [0.3, 0.4) is 0 Å². The topological polar surface area (TPSA) is 46.2 Å². The predicted octanol–water partition coefficient (Wildman–Crippen LogP) is 4.50. The summed E-state index contributed by atoms with van der Waals surface area (Å²) >= 11 is 6.86. The van der Waals surface area contributed by atoms with E-state index in [0.717, 1.165) is 14.5 Å². The highest BCUT2D eigenvalue weighted by molar-refractivity contribution is 9.11. The van der Waals surface area contributed by atoms with Crippen molar-refractivity contribution in [3.05, 3.63) is 26.6 Å². The molecule has 0 radical (unpaired) electrons. The molecule has 0 aromatic heterocycles. The maximum absolute atomic E-state index is 10.0. The van der Waals surface area contributed by atoms with Crippen LogP contribution in [0.25, 0.3) is 0 Å². The highest BCUT2D eigenvalue weighted by Crippen LogP contribution is 2.40.